The minimum Gasteiger partial charge on any atom is -0.497 e. The molecule has 2 aromatic rings. The fourth-order valence-corrected chi connectivity index (χ4v) is 2.41. The van der Waals surface area contributed by atoms with Crippen molar-refractivity contribution in [2.24, 2.45) is 5.92 Å². The van der Waals surface area contributed by atoms with Crippen LogP contribution in [-0.2, 0) is 11.3 Å². The van der Waals surface area contributed by atoms with Gasteiger partial charge in [-0.2, -0.15) is 0 Å². The van der Waals surface area contributed by atoms with E-state index in [1.54, 1.807) is 25.3 Å². The van der Waals surface area contributed by atoms with Gasteiger partial charge in [-0.1, -0.05) is 26.0 Å². The average Bonchev–Trinajstić information content (AvgIpc) is 2.67. The molecule has 0 aromatic heterocycles. The summed E-state index contributed by atoms with van der Waals surface area (Å²) < 4.78 is 10.8. The second-order valence-electron chi connectivity index (χ2n) is 6.32. The van der Waals surface area contributed by atoms with Gasteiger partial charge < -0.3 is 20.1 Å². The molecule has 0 unspecified atom stereocenters. The van der Waals surface area contributed by atoms with E-state index in [0.717, 1.165) is 11.3 Å². The number of anilines is 1. The summed E-state index contributed by atoms with van der Waals surface area (Å²) in [7, 11) is 1.60. The Morgan fingerprint density at radius 3 is 2.56 bits per heavy atom. The van der Waals surface area contributed by atoms with Crippen LogP contribution in [-0.4, -0.2) is 25.5 Å². The minimum absolute atomic E-state index is 0.109. The number of benzene rings is 2. The van der Waals surface area contributed by atoms with Crippen molar-refractivity contribution in [3.63, 3.8) is 0 Å². The van der Waals surface area contributed by atoms with E-state index in [0.29, 0.717) is 30.2 Å². The van der Waals surface area contributed by atoms with Gasteiger partial charge in [-0.15, -0.1) is 0 Å². The van der Waals surface area contributed by atoms with Gasteiger partial charge >= 0.3 is 0 Å². The molecular formula is C21H26N2O4. The molecule has 0 fully saturated rings. The largest absolute Gasteiger partial charge is 0.497 e. The van der Waals surface area contributed by atoms with Crippen molar-refractivity contribution in [1.82, 2.24) is 5.32 Å². The van der Waals surface area contributed by atoms with E-state index in [4.69, 9.17) is 9.47 Å². The molecule has 0 aliphatic carbocycles. The molecular weight excluding hydrogens is 344 g/mol. The van der Waals surface area contributed by atoms with Crippen LogP contribution < -0.4 is 20.1 Å². The molecule has 0 saturated carbocycles. The van der Waals surface area contributed by atoms with Crippen LogP contribution in [0.15, 0.2) is 42.5 Å². The highest BCUT2D eigenvalue weighted by Crippen LogP contribution is 2.24. The van der Waals surface area contributed by atoms with Crippen LogP contribution in [0.25, 0.3) is 0 Å². The third-order valence-electron chi connectivity index (χ3n) is 3.90. The van der Waals surface area contributed by atoms with Gasteiger partial charge in [0.25, 0.3) is 5.91 Å². The lowest BCUT2D eigenvalue weighted by Crippen LogP contribution is -2.24. The van der Waals surface area contributed by atoms with Crippen LogP contribution in [0, 0.1) is 5.92 Å². The molecule has 2 aromatic carbocycles. The summed E-state index contributed by atoms with van der Waals surface area (Å²) in [5, 5.41) is 5.69. The molecule has 6 heteroatoms. The normalized spacial score (nSPS) is 10.4. The molecule has 144 valence electrons. The van der Waals surface area contributed by atoms with Gasteiger partial charge in [0.15, 0.2) is 0 Å². The van der Waals surface area contributed by atoms with Crippen molar-refractivity contribution in [1.29, 1.82) is 0 Å². The van der Waals surface area contributed by atoms with Gasteiger partial charge in [-0.3, -0.25) is 9.59 Å². The Morgan fingerprint density at radius 1 is 1.11 bits per heavy atom. The molecule has 0 saturated heterocycles. The predicted octanol–water partition coefficient (Wildman–Crippen LogP) is 3.62. The number of rotatable bonds is 8. The molecule has 2 N–H and O–H groups in total. The first-order valence-electron chi connectivity index (χ1n) is 8.93. The summed E-state index contributed by atoms with van der Waals surface area (Å²) >= 11 is 0. The molecule has 6 nitrogen and oxygen atoms in total. The Labute approximate surface area is 159 Å². The number of amides is 2. The first-order valence-corrected chi connectivity index (χ1v) is 8.93. The van der Waals surface area contributed by atoms with E-state index in [9.17, 15) is 9.59 Å². The maximum absolute atomic E-state index is 12.7. The lowest BCUT2D eigenvalue weighted by atomic mass is 10.1. The molecule has 0 aliphatic heterocycles. The molecule has 0 atom stereocenters. The quantitative estimate of drug-likeness (QED) is 0.744. The van der Waals surface area contributed by atoms with E-state index < -0.39 is 0 Å². The minimum atomic E-state index is -0.276. The Morgan fingerprint density at radius 2 is 1.89 bits per heavy atom. The zero-order valence-electron chi connectivity index (χ0n) is 16.2. The highest BCUT2D eigenvalue weighted by molar-refractivity contribution is 5.99. The van der Waals surface area contributed by atoms with Crippen LogP contribution in [0.5, 0.6) is 11.5 Å². The smallest absolute Gasteiger partial charge is 0.255 e. The average molecular weight is 370 g/mol. The number of carbonyl (C=O) groups is 2. The van der Waals surface area contributed by atoms with Crippen molar-refractivity contribution in [3.8, 4) is 11.5 Å². The zero-order valence-corrected chi connectivity index (χ0v) is 16.2. The summed E-state index contributed by atoms with van der Waals surface area (Å²) in [5.74, 6) is 0.670. The van der Waals surface area contributed by atoms with Crippen LogP contribution in [0.1, 0.15) is 36.7 Å². The summed E-state index contributed by atoms with van der Waals surface area (Å²) in [6, 6.07) is 12.5. The number of carbonyl (C=O) groups excluding carboxylic acids is 2. The number of hydrogen-bond donors (Lipinski definition) is 2. The van der Waals surface area contributed by atoms with Gasteiger partial charge in [0.2, 0.25) is 5.91 Å². The SMILES string of the molecule is CCOc1ccc(NC(=O)C(C)C)cc1C(=O)NCc1cccc(OC)c1. The first kappa shape index (κ1) is 20.3. The Hall–Kier alpha value is -3.02. The third-order valence-corrected chi connectivity index (χ3v) is 3.90. The lowest BCUT2D eigenvalue weighted by Gasteiger charge is -2.14. The Bertz CT molecular complexity index is 803. The van der Waals surface area contributed by atoms with E-state index in [1.807, 2.05) is 45.0 Å². The van der Waals surface area contributed by atoms with Crippen molar-refractivity contribution in [2.75, 3.05) is 19.0 Å². The summed E-state index contributed by atoms with van der Waals surface area (Å²) in [6.07, 6.45) is 0. The van der Waals surface area contributed by atoms with Gasteiger partial charge in [0, 0.05) is 18.2 Å². The van der Waals surface area contributed by atoms with Crippen molar-refractivity contribution in [3.05, 3.63) is 53.6 Å². The maximum atomic E-state index is 12.7. The van der Waals surface area contributed by atoms with Gasteiger partial charge in [-0.05, 0) is 42.8 Å². The highest BCUT2D eigenvalue weighted by atomic mass is 16.5. The molecule has 0 radical (unpaired) electrons. The van der Waals surface area contributed by atoms with E-state index in [1.165, 1.54) is 0 Å². The van der Waals surface area contributed by atoms with Crippen molar-refractivity contribution < 1.29 is 19.1 Å². The second kappa shape index (κ2) is 9.62. The third kappa shape index (κ3) is 5.74. The highest BCUT2D eigenvalue weighted by Gasteiger charge is 2.15. The number of methoxy groups -OCH3 is 1. The summed E-state index contributed by atoms with van der Waals surface area (Å²) in [6.45, 7) is 6.27. The first-order chi connectivity index (χ1) is 12.9. The monoisotopic (exact) mass is 370 g/mol. The summed E-state index contributed by atoms with van der Waals surface area (Å²) in [4.78, 5) is 24.6. The van der Waals surface area contributed by atoms with E-state index >= 15 is 0 Å². The number of hydrogen-bond acceptors (Lipinski definition) is 4. The molecule has 0 heterocycles. The Balaban J connectivity index is 2.17. The van der Waals surface area contributed by atoms with Crippen LogP contribution in [0.4, 0.5) is 5.69 Å². The summed E-state index contributed by atoms with van der Waals surface area (Å²) in [5.41, 5.74) is 1.86. The predicted molar refractivity (Wildman–Crippen MR) is 105 cm³/mol. The fraction of sp³-hybridized carbons (Fsp3) is 0.333. The number of nitrogens with one attached hydrogen (secondary N) is 2. The van der Waals surface area contributed by atoms with Crippen molar-refractivity contribution in [2.45, 2.75) is 27.3 Å². The zero-order chi connectivity index (χ0) is 19.8. The van der Waals surface area contributed by atoms with Crippen LogP contribution >= 0.6 is 0 Å². The molecule has 2 rings (SSSR count). The topological polar surface area (TPSA) is 76.7 Å². The standard InChI is InChI=1S/C21H26N2O4/c1-5-27-19-10-9-16(23-20(24)14(2)3)12-18(19)21(25)22-13-15-7-6-8-17(11-15)26-4/h6-12,14H,5,13H2,1-4H3,(H,22,25)(H,23,24). The number of ether oxygens (including phenoxy) is 2. The van der Waals surface area contributed by atoms with Crippen LogP contribution in [0.2, 0.25) is 0 Å². The molecule has 2 amide bonds. The van der Waals surface area contributed by atoms with Crippen molar-refractivity contribution >= 4 is 17.5 Å². The second-order valence-corrected chi connectivity index (χ2v) is 6.32. The molecule has 0 spiro atoms. The van der Waals surface area contributed by atoms with Gasteiger partial charge in [0.1, 0.15) is 11.5 Å². The van der Waals surface area contributed by atoms with Gasteiger partial charge in [-0.25, -0.2) is 0 Å². The lowest BCUT2D eigenvalue weighted by molar-refractivity contribution is -0.118. The molecule has 0 bridgehead atoms. The Kier molecular flexibility index (Phi) is 7.23. The van der Waals surface area contributed by atoms with E-state index in [-0.39, 0.29) is 17.7 Å². The fourth-order valence-electron chi connectivity index (χ4n) is 2.41. The maximum Gasteiger partial charge on any atom is 0.255 e. The van der Waals surface area contributed by atoms with E-state index in [2.05, 4.69) is 10.6 Å². The van der Waals surface area contributed by atoms with Crippen LogP contribution in [0.3, 0.4) is 0 Å². The molecule has 27 heavy (non-hydrogen) atoms. The van der Waals surface area contributed by atoms with Gasteiger partial charge in [0.05, 0.1) is 19.3 Å². The molecule has 0 aliphatic rings.